The van der Waals surface area contributed by atoms with E-state index in [1.807, 2.05) is 0 Å². The first-order valence-corrected chi connectivity index (χ1v) is 8.35. The Bertz CT molecular complexity index is 60.1. The van der Waals surface area contributed by atoms with Crippen LogP contribution in [0.3, 0.4) is 0 Å². The zero-order valence-corrected chi connectivity index (χ0v) is 14.1. The molecule has 0 radical (unpaired) electrons. The third-order valence-electron chi connectivity index (χ3n) is 1.71. The second kappa shape index (κ2) is 29.4. The van der Waals surface area contributed by atoms with Gasteiger partial charge in [0.15, 0.2) is 0 Å². The van der Waals surface area contributed by atoms with Gasteiger partial charge >= 0.3 is 48.9 Å². The van der Waals surface area contributed by atoms with Gasteiger partial charge in [0.1, 0.15) is 0 Å². The topological polar surface area (TPSA) is 0 Å². The molecule has 0 unspecified atom stereocenters. The van der Waals surface area contributed by atoms with Crippen LogP contribution in [-0.2, 0) is 0 Å². The van der Waals surface area contributed by atoms with Crippen molar-refractivity contribution in [3.8, 4) is 0 Å². The van der Waals surface area contributed by atoms with Gasteiger partial charge < -0.3 is 24.8 Å². The van der Waals surface area contributed by atoms with Crippen molar-refractivity contribution in [2.45, 2.75) is 60.8 Å². The molecule has 0 aromatic rings. The fourth-order valence-electron chi connectivity index (χ4n) is 1.03. The van der Waals surface area contributed by atoms with E-state index in [0.717, 1.165) is 0 Å². The largest absolute Gasteiger partial charge is 1.00 e. The smallest absolute Gasteiger partial charge is 1.00 e. The maximum Gasteiger partial charge on any atom is -1.00 e. The SMILES string of the molecule is CCC[CH2][Mg][CH2]CCC.C[CH2][Al+2].[Cl-].[Cl-]. The van der Waals surface area contributed by atoms with Gasteiger partial charge in [-0.3, -0.25) is 0 Å². The molecule has 0 bridgehead atoms. The minimum absolute atomic E-state index is 0. The van der Waals surface area contributed by atoms with Gasteiger partial charge in [-0.1, -0.05) is 39.5 Å². The van der Waals surface area contributed by atoms with Gasteiger partial charge in [0, 0.05) is 0 Å². The van der Waals surface area contributed by atoms with Crippen LogP contribution in [0.1, 0.15) is 46.5 Å². The minimum atomic E-state index is 0. The average Bonchev–Trinajstić information content (AvgIpc) is 2.06. The van der Waals surface area contributed by atoms with Crippen LogP contribution in [0.5, 0.6) is 0 Å². The van der Waals surface area contributed by atoms with Crippen LogP contribution in [0.25, 0.3) is 0 Å². The second-order valence-corrected chi connectivity index (χ2v) is 6.11. The average molecular weight is 265 g/mol. The number of halogens is 2. The molecule has 0 aromatic carbocycles. The molecule has 0 saturated heterocycles. The monoisotopic (exact) mass is 264 g/mol. The predicted molar refractivity (Wildman–Crippen MR) is 61.4 cm³/mol. The summed E-state index contributed by atoms with van der Waals surface area (Å²) in [6.45, 7) is 6.66. The van der Waals surface area contributed by atoms with Gasteiger partial charge in [-0.2, -0.15) is 0 Å². The van der Waals surface area contributed by atoms with Gasteiger partial charge in [0.2, 0.25) is 0 Å². The third-order valence-corrected chi connectivity index (χ3v) is 3.71. The Morgan fingerprint density at radius 3 is 1.36 bits per heavy atom. The van der Waals surface area contributed by atoms with Gasteiger partial charge in [0.25, 0.3) is 0 Å². The van der Waals surface area contributed by atoms with Crippen molar-refractivity contribution in [1.29, 1.82) is 0 Å². The van der Waals surface area contributed by atoms with Gasteiger partial charge in [-0.05, 0) is 0 Å². The van der Waals surface area contributed by atoms with Crippen molar-refractivity contribution < 1.29 is 24.8 Å². The molecule has 0 heterocycles. The number of rotatable bonds is 6. The minimum Gasteiger partial charge on any atom is -1.00 e. The first-order chi connectivity index (χ1) is 5.83. The number of unbranched alkanes of at least 4 members (excludes halogenated alkanes) is 2. The van der Waals surface area contributed by atoms with Crippen LogP contribution in [-0.4, -0.2) is 36.7 Å². The molecule has 0 spiro atoms. The molecular weight excluding hydrogens is 242 g/mol. The second-order valence-electron chi connectivity index (χ2n) is 3.18. The van der Waals surface area contributed by atoms with E-state index in [1.165, 1.54) is 31.0 Å². The molecule has 0 aliphatic carbocycles. The molecule has 0 nitrogen and oxygen atoms in total. The molecule has 0 rings (SSSR count). The first-order valence-electron chi connectivity index (χ1n) is 5.53. The Kier molecular flexibility index (Phi) is 52.3. The van der Waals surface area contributed by atoms with Gasteiger partial charge in [0.05, 0.1) is 0 Å². The number of hydrogen-bond donors (Lipinski definition) is 0. The Hall–Kier alpha value is 1.88. The molecule has 0 fully saturated rings. The molecule has 4 heteroatoms. The van der Waals surface area contributed by atoms with Crippen LogP contribution >= 0.6 is 0 Å². The maximum absolute atomic E-state index is 2.58. The summed E-state index contributed by atoms with van der Waals surface area (Å²) in [5.74, 6) is 0. The molecule has 0 aliphatic heterocycles. The van der Waals surface area contributed by atoms with E-state index in [-0.39, 0.29) is 24.8 Å². The normalized spacial score (nSPS) is 7.21. The number of hydrogen-bond acceptors (Lipinski definition) is 0. The molecule has 0 atom stereocenters. The summed E-state index contributed by atoms with van der Waals surface area (Å²) in [5.41, 5.74) is 0. The van der Waals surface area contributed by atoms with Crippen LogP contribution in [0.4, 0.5) is 0 Å². The van der Waals surface area contributed by atoms with Crippen molar-refractivity contribution in [2.75, 3.05) is 0 Å². The fraction of sp³-hybridized carbons (Fsp3) is 1.00. The van der Waals surface area contributed by atoms with Crippen molar-refractivity contribution in [1.82, 2.24) is 0 Å². The van der Waals surface area contributed by atoms with Gasteiger partial charge in [-0.15, -0.1) is 9.10 Å². The van der Waals surface area contributed by atoms with Crippen LogP contribution in [0.2, 0.25) is 14.4 Å². The van der Waals surface area contributed by atoms with Crippen LogP contribution in [0, 0.1) is 0 Å². The summed E-state index contributed by atoms with van der Waals surface area (Å²) in [5, 5.41) is 1.17. The summed E-state index contributed by atoms with van der Waals surface area (Å²) in [6.07, 6.45) is 5.80. The van der Waals surface area contributed by atoms with Crippen LogP contribution < -0.4 is 24.8 Å². The van der Waals surface area contributed by atoms with E-state index in [9.17, 15) is 0 Å². The predicted octanol–water partition coefficient (Wildman–Crippen LogP) is -2.27. The molecule has 0 saturated carbocycles. The van der Waals surface area contributed by atoms with Crippen molar-refractivity contribution in [3.05, 3.63) is 0 Å². The molecule has 0 N–H and O–H groups in total. The standard InChI is InChI=1S/2C4H9.C2H5.Al.2ClH.Mg/c2*1-3-4-2;1-2;;;;/h2*1,3-4H2,2H3;1H2,2H3;;2*1H;/q;;;+2;;;/p-2. The van der Waals surface area contributed by atoms with E-state index in [4.69, 9.17) is 0 Å². The summed E-state index contributed by atoms with van der Waals surface area (Å²) in [6, 6.07) is 0. The molecular formula is C10H23AlCl2Mg. The molecule has 82 valence electrons. The first kappa shape index (κ1) is 24.9. The van der Waals surface area contributed by atoms with Crippen molar-refractivity contribution in [3.63, 3.8) is 0 Å². The Morgan fingerprint density at radius 2 is 1.14 bits per heavy atom. The van der Waals surface area contributed by atoms with E-state index < -0.39 is 0 Å². The van der Waals surface area contributed by atoms with E-state index in [2.05, 4.69) is 37.1 Å². The molecule has 0 aliphatic rings. The molecule has 0 aromatic heterocycles. The third kappa shape index (κ3) is 37.1. The zero-order valence-electron chi connectivity index (χ0n) is 9.99. The molecule has 14 heavy (non-hydrogen) atoms. The maximum atomic E-state index is 2.58. The van der Waals surface area contributed by atoms with Crippen LogP contribution in [0.15, 0.2) is 0 Å². The molecule has 0 amide bonds. The van der Waals surface area contributed by atoms with E-state index >= 15 is 0 Å². The Morgan fingerprint density at radius 1 is 0.857 bits per heavy atom. The van der Waals surface area contributed by atoms with Crippen molar-refractivity contribution in [2.24, 2.45) is 0 Å². The summed E-state index contributed by atoms with van der Waals surface area (Å²) >= 11 is 2.97. The van der Waals surface area contributed by atoms with Gasteiger partial charge in [-0.25, -0.2) is 0 Å². The fourth-order valence-corrected chi connectivity index (χ4v) is 3.09. The quantitative estimate of drug-likeness (QED) is 0.375. The van der Waals surface area contributed by atoms with E-state index in [0.29, 0.717) is 20.4 Å². The Labute approximate surface area is 121 Å². The summed E-state index contributed by atoms with van der Waals surface area (Å²) in [7, 11) is 0. The van der Waals surface area contributed by atoms with Crippen molar-refractivity contribution >= 4 is 36.7 Å². The van der Waals surface area contributed by atoms with E-state index in [1.54, 1.807) is 9.10 Å². The Balaban J connectivity index is -0.0000000891. The summed E-state index contributed by atoms with van der Waals surface area (Å²) in [4.78, 5) is 0. The summed E-state index contributed by atoms with van der Waals surface area (Å²) < 4.78 is 3.19. The zero-order chi connectivity index (χ0) is 9.66.